The van der Waals surface area contributed by atoms with Crippen molar-refractivity contribution < 1.29 is 18.0 Å². The highest BCUT2D eigenvalue weighted by Crippen LogP contribution is 2.32. The van der Waals surface area contributed by atoms with Crippen molar-refractivity contribution >= 4 is 62.3 Å². The molecule has 0 saturated carbocycles. The lowest BCUT2D eigenvalue weighted by atomic mass is 10.1. The average molecular weight is 597 g/mol. The van der Waals surface area contributed by atoms with E-state index in [2.05, 4.69) is 5.32 Å². The van der Waals surface area contributed by atoms with Crippen molar-refractivity contribution in [3.63, 3.8) is 0 Å². The second-order valence-electron chi connectivity index (χ2n) is 8.47. The summed E-state index contributed by atoms with van der Waals surface area (Å²) in [6, 6.07) is 16.7. The van der Waals surface area contributed by atoms with Crippen LogP contribution in [-0.2, 0) is 26.2 Å². The molecule has 0 aliphatic heterocycles. The first-order chi connectivity index (χ1) is 18.0. The highest BCUT2D eigenvalue weighted by Gasteiger charge is 2.34. The highest BCUT2D eigenvalue weighted by molar-refractivity contribution is 7.92. The minimum Gasteiger partial charge on any atom is -0.357 e. The van der Waals surface area contributed by atoms with E-state index in [1.807, 2.05) is 0 Å². The van der Waals surface area contributed by atoms with Gasteiger partial charge >= 0.3 is 0 Å². The SMILES string of the molecule is CCC(C(=O)NC)N(Cc1c(Cl)cccc1Cl)C(=O)CN(c1cccc(Cl)c1C)S(=O)(=O)c1ccccc1. The van der Waals surface area contributed by atoms with Gasteiger partial charge in [0.05, 0.1) is 10.6 Å². The highest BCUT2D eigenvalue weighted by atomic mass is 35.5. The number of carbonyl (C=O) groups excluding carboxylic acids is 2. The number of nitrogens with zero attached hydrogens (tertiary/aromatic N) is 2. The Morgan fingerprint density at radius 2 is 1.47 bits per heavy atom. The van der Waals surface area contributed by atoms with E-state index in [-0.39, 0.29) is 23.5 Å². The van der Waals surface area contributed by atoms with Crippen LogP contribution in [0.4, 0.5) is 5.69 Å². The molecular weight excluding hydrogens is 569 g/mol. The Labute approximate surface area is 238 Å². The standard InChI is InChI=1S/C27H28Cl3N3O4S/c1-4-24(27(35)31-3)32(16-20-22(29)13-8-14-23(20)30)26(34)17-33(25-15-9-12-21(28)18(25)2)38(36,37)19-10-6-5-7-11-19/h5-15,24H,4,16-17H2,1-3H3,(H,31,35). The molecule has 0 radical (unpaired) electrons. The molecule has 0 aromatic heterocycles. The molecule has 38 heavy (non-hydrogen) atoms. The predicted molar refractivity (Wildman–Crippen MR) is 152 cm³/mol. The molecule has 0 spiro atoms. The summed E-state index contributed by atoms with van der Waals surface area (Å²) >= 11 is 19.1. The summed E-state index contributed by atoms with van der Waals surface area (Å²) in [4.78, 5) is 28.1. The van der Waals surface area contributed by atoms with Gasteiger partial charge in [-0.2, -0.15) is 0 Å². The van der Waals surface area contributed by atoms with E-state index in [0.29, 0.717) is 26.2 Å². The molecule has 0 fully saturated rings. The molecule has 3 aromatic rings. The van der Waals surface area contributed by atoms with Gasteiger partial charge in [-0.15, -0.1) is 0 Å². The van der Waals surface area contributed by atoms with Crippen LogP contribution in [0.2, 0.25) is 15.1 Å². The van der Waals surface area contributed by atoms with Crippen LogP contribution in [0.5, 0.6) is 0 Å². The van der Waals surface area contributed by atoms with Gasteiger partial charge in [0.15, 0.2) is 0 Å². The fraction of sp³-hybridized carbons (Fsp3) is 0.259. The van der Waals surface area contributed by atoms with Crippen LogP contribution in [0.25, 0.3) is 0 Å². The third kappa shape index (κ3) is 6.43. The number of nitrogens with one attached hydrogen (secondary N) is 1. The lowest BCUT2D eigenvalue weighted by molar-refractivity contribution is -0.140. The van der Waals surface area contributed by atoms with Gasteiger partial charge in [0, 0.05) is 34.2 Å². The number of likely N-dealkylation sites (N-methyl/N-ethyl adjacent to an activating group) is 1. The molecule has 0 heterocycles. The average Bonchev–Trinajstić information content (AvgIpc) is 2.90. The number of hydrogen-bond acceptors (Lipinski definition) is 4. The topological polar surface area (TPSA) is 86.8 Å². The van der Waals surface area contributed by atoms with Crippen LogP contribution in [0.1, 0.15) is 24.5 Å². The van der Waals surface area contributed by atoms with Crippen molar-refractivity contribution in [2.24, 2.45) is 0 Å². The third-order valence-electron chi connectivity index (χ3n) is 6.14. The number of amides is 2. The third-order valence-corrected chi connectivity index (χ3v) is 9.03. The monoisotopic (exact) mass is 595 g/mol. The largest absolute Gasteiger partial charge is 0.357 e. The van der Waals surface area contributed by atoms with Crippen LogP contribution in [-0.4, -0.2) is 44.8 Å². The van der Waals surface area contributed by atoms with Crippen molar-refractivity contribution in [3.8, 4) is 0 Å². The fourth-order valence-electron chi connectivity index (χ4n) is 4.04. The van der Waals surface area contributed by atoms with E-state index in [1.165, 1.54) is 24.1 Å². The number of sulfonamides is 1. The number of carbonyl (C=O) groups is 2. The zero-order valence-corrected chi connectivity index (χ0v) is 24.2. The molecule has 1 N–H and O–H groups in total. The molecule has 3 aromatic carbocycles. The Morgan fingerprint density at radius 1 is 0.895 bits per heavy atom. The smallest absolute Gasteiger partial charge is 0.264 e. The van der Waals surface area contributed by atoms with Crippen LogP contribution >= 0.6 is 34.8 Å². The van der Waals surface area contributed by atoms with Crippen molar-refractivity contribution in [1.29, 1.82) is 0 Å². The van der Waals surface area contributed by atoms with Gasteiger partial charge in [-0.3, -0.25) is 13.9 Å². The van der Waals surface area contributed by atoms with Gasteiger partial charge < -0.3 is 10.2 Å². The zero-order valence-electron chi connectivity index (χ0n) is 21.1. The number of anilines is 1. The van der Waals surface area contributed by atoms with Crippen molar-refractivity contribution in [2.45, 2.75) is 37.8 Å². The van der Waals surface area contributed by atoms with E-state index in [0.717, 1.165) is 4.31 Å². The Morgan fingerprint density at radius 3 is 2.05 bits per heavy atom. The lowest BCUT2D eigenvalue weighted by Crippen LogP contribution is -2.52. The second kappa shape index (κ2) is 12.8. The molecule has 3 rings (SSSR count). The van der Waals surface area contributed by atoms with Gasteiger partial charge in [-0.1, -0.05) is 72.1 Å². The maximum atomic E-state index is 14.0. The minimum absolute atomic E-state index is 0.00576. The first kappa shape index (κ1) is 29.8. The summed E-state index contributed by atoms with van der Waals surface area (Å²) in [5, 5.41) is 3.56. The van der Waals surface area contributed by atoms with E-state index < -0.39 is 34.4 Å². The molecule has 11 heteroatoms. The Hall–Kier alpha value is -2.78. The molecule has 7 nitrogen and oxygen atoms in total. The van der Waals surface area contributed by atoms with Crippen molar-refractivity contribution in [2.75, 3.05) is 17.9 Å². The first-order valence-electron chi connectivity index (χ1n) is 11.8. The quantitative estimate of drug-likeness (QED) is 0.325. The summed E-state index contributed by atoms with van der Waals surface area (Å²) in [6.07, 6.45) is 0.273. The van der Waals surface area contributed by atoms with Crippen LogP contribution in [0.15, 0.2) is 71.6 Å². The van der Waals surface area contributed by atoms with Crippen molar-refractivity contribution in [1.82, 2.24) is 10.2 Å². The predicted octanol–water partition coefficient (Wildman–Crippen LogP) is 5.70. The molecule has 1 atom stereocenters. The Kier molecular flexibility index (Phi) is 10.1. The van der Waals surface area contributed by atoms with E-state index in [9.17, 15) is 18.0 Å². The molecule has 202 valence electrons. The second-order valence-corrected chi connectivity index (χ2v) is 11.6. The van der Waals surface area contributed by atoms with Crippen LogP contribution < -0.4 is 9.62 Å². The number of rotatable bonds is 10. The molecule has 2 amide bonds. The number of halogens is 3. The van der Waals surface area contributed by atoms with Gasteiger partial charge in [0.1, 0.15) is 12.6 Å². The lowest BCUT2D eigenvalue weighted by Gasteiger charge is -2.33. The molecule has 0 aliphatic carbocycles. The summed E-state index contributed by atoms with van der Waals surface area (Å²) in [5.41, 5.74) is 1.18. The van der Waals surface area contributed by atoms with E-state index in [4.69, 9.17) is 34.8 Å². The molecular formula is C27H28Cl3N3O4S. The van der Waals surface area contributed by atoms with Gasteiger partial charge in [-0.25, -0.2) is 8.42 Å². The summed E-state index contributed by atoms with van der Waals surface area (Å²) < 4.78 is 28.7. The van der Waals surface area contributed by atoms with Gasteiger partial charge in [0.25, 0.3) is 10.0 Å². The normalized spacial score (nSPS) is 12.1. The molecule has 0 bridgehead atoms. The summed E-state index contributed by atoms with van der Waals surface area (Å²) in [7, 11) is -2.73. The molecule has 0 aliphatic rings. The van der Waals surface area contributed by atoms with Crippen LogP contribution in [0.3, 0.4) is 0 Å². The van der Waals surface area contributed by atoms with Crippen LogP contribution in [0, 0.1) is 6.92 Å². The summed E-state index contributed by atoms with van der Waals surface area (Å²) in [5.74, 6) is -1.02. The van der Waals surface area contributed by atoms with Crippen molar-refractivity contribution in [3.05, 3.63) is 92.9 Å². The maximum absolute atomic E-state index is 14.0. The molecule has 0 saturated heterocycles. The summed E-state index contributed by atoms with van der Waals surface area (Å²) in [6.45, 7) is 2.75. The fourth-order valence-corrected chi connectivity index (χ4v) is 6.22. The zero-order chi connectivity index (χ0) is 28.0. The number of hydrogen-bond donors (Lipinski definition) is 1. The molecule has 1 unspecified atom stereocenters. The maximum Gasteiger partial charge on any atom is 0.264 e. The number of benzene rings is 3. The van der Waals surface area contributed by atoms with E-state index in [1.54, 1.807) is 68.4 Å². The Balaban J connectivity index is 2.13. The van der Waals surface area contributed by atoms with Gasteiger partial charge in [0.2, 0.25) is 11.8 Å². The Bertz CT molecular complexity index is 1400. The van der Waals surface area contributed by atoms with Gasteiger partial charge in [-0.05, 0) is 55.3 Å². The van der Waals surface area contributed by atoms with E-state index >= 15 is 0 Å². The minimum atomic E-state index is -4.19. The first-order valence-corrected chi connectivity index (χ1v) is 14.4.